The standard InChI is InChI=1S/C10H19NO/c1-3-12-8-9-4-5-10(6-7-10)11(9)2/h9H,3-8H2,1-2H3. The van der Waals surface area contributed by atoms with E-state index in [9.17, 15) is 0 Å². The number of likely N-dealkylation sites (N-methyl/N-ethyl adjacent to an activating group) is 1. The molecule has 1 aliphatic carbocycles. The maximum Gasteiger partial charge on any atom is 0.0621 e. The lowest BCUT2D eigenvalue weighted by Crippen LogP contribution is -2.36. The minimum Gasteiger partial charge on any atom is -0.380 e. The van der Waals surface area contributed by atoms with Gasteiger partial charge in [-0.2, -0.15) is 0 Å². The average molecular weight is 169 g/mol. The zero-order valence-electron chi connectivity index (χ0n) is 8.18. The molecule has 1 spiro atoms. The molecule has 0 bridgehead atoms. The van der Waals surface area contributed by atoms with E-state index in [1.54, 1.807) is 0 Å². The van der Waals surface area contributed by atoms with Crippen LogP contribution in [-0.4, -0.2) is 36.7 Å². The van der Waals surface area contributed by atoms with E-state index in [0.29, 0.717) is 11.6 Å². The maximum atomic E-state index is 5.47. The summed E-state index contributed by atoms with van der Waals surface area (Å²) in [5.74, 6) is 0. The Kier molecular flexibility index (Phi) is 2.13. The van der Waals surface area contributed by atoms with Gasteiger partial charge in [0.2, 0.25) is 0 Å². The minimum atomic E-state index is 0.627. The lowest BCUT2D eigenvalue weighted by Gasteiger charge is -2.25. The third-order valence-electron chi connectivity index (χ3n) is 3.58. The molecule has 0 amide bonds. The Bertz CT molecular complexity index is 165. The molecule has 0 radical (unpaired) electrons. The molecule has 1 unspecified atom stereocenters. The lowest BCUT2D eigenvalue weighted by atomic mass is 10.2. The summed E-state index contributed by atoms with van der Waals surface area (Å²) in [5.41, 5.74) is 0.627. The molecule has 1 aliphatic heterocycles. The summed E-state index contributed by atoms with van der Waals surface area (Å²) in [6.07, 6.45) is 5.59. The van der Waals surface area contributed by atoms with E-state index < -0.39 is 0 Å². The molecule has 12 heavy (non-hydrogen) atoms. The molecule has 2 aliphatic rings. The van der Waals surface area contributed by atoms with Crippen molar-refractivity contribution in [3.05, 3.63) is 0 Å². The molecule has 2 rings (SSSR count). The first-order chi connectivity index (χ1) is 5.78. The Balaban J connectivity index is 1.84. The Morgan fingerprint density at radius 2 is 2.17 bits per heavy atom. The molecule has 0 aromatic heterocycles. The van der Waals surface area contributed by atoms with E-state index in [4.69, 9.17) is 4.74 Å². The predicted molar refractivity (Wildman–Crippen MR) is 49.2 cm³/mol. The van der Waals surface area contributed by atoms with Crippen LogP contribution in [0.1, 0.15) is 32.6 Å². The van der Waals surface area contributed by atoms with E-state index in [0.717, 1.165) is 13.2 Å². The number of hydrogen-bond donors (Lipinski definition) is 0. The van der Waals surface area contributed by atoms with Gasteiger partial charge >= 0.3 is 0 Å². The van der Waals surface area contributed by atoms with Gasteiger partial charge in [-0.25, -0.2) is 0 Å². The topological polar surface area (TPSA) is 12.5 Å². The number of hydrogen-bond acceptors (Lipinski definition) is 2. The van der Waals surface area contributed by atoms with Crippen molar-refractivity contribution in [1.82, 2.24) is 4.90 Å². The number of likely N-dealkylation sites (tertiary alicyclic amines) is 1. The summed E-state index contributed by atoms with van der Waals surface area (Å²) in [4.78, 5) is 2.56. The average Bonchev–Trinajstić information content (AvgIpc) is 2.78. The van der Waals surface area contributed by atoms with Gasteiger partial charge in [0.1, 0.15) is 0 Å². The number of rotatable bonds is 3. The van der Waals surface area contributed by atoms with Crippen LogP contribution in [0.2, 0.25) is 0 Å². The van der Waals surface area contributed by atoms with Gasteiger partial charge in [-0.3, -0.25) is 4.90 Å². The predicted octanol–water partition coefficient (Wildman–Crippen LogP) is 1.65. The zero-order chi connectivity index (χ0) is 8.60. The van der Waals surface area contributed by atoms with Crippen LogP contribution >= 0.6 is 0 Å². The van der Waals surface area contributed by atoms with Gasteiger partial charge in [-0.05, 0) is 39.7 Å². The fourth-order valence-corrected chi connectivity index (χ4v) is 2.39. The molecule has 2 heteroatoms. The highest BCUT2D eigenvalue weighted by Crippen LogP contribution is 2.50. The van der Waals surface area contributed by atoms with Crippen LogP contribution in [0.3, 0.4) is 0 Å². The van der Waals surface area contributed by atoms with E-state index in [2.05, 4.69) is 18.9 Å². The third-order valence-corrected chi connectivity index (χ3v) is 3.58. The summed E-state index contributed by atoms with van der Waals surface area (Å²) in [6, 6.07) is 0.701. The van der Waals surface area contributed by atoms with Gasteiger partial charge in [-0.15, -0.1) is 0 Å². The van der Waals surface area contributed by atoms with Crippen molar-refractivity contribution in [2.24, 2.45) is 0 Å². The second-order valence-corrected chi connectivity index (χ2v) is 4.19. The van der Waals surface area contributed by atoms with Crippen molar-refractivity contribution >= 4 is 0 Å². The van der Waals surface area contributed by atoms with Crippen LogP contribution in [-0.2, 0) is 4.74 Å². The first-order valence-electron chi connectivity index (χ1n) is 5.09. The van der Waals surface area contributed by atoms with Crippen molar-refractivity contribution in [3.8, 4) is 0 Å². The van der Waals surface area contributed by atoms with E-state index in [-0.39, 0.29) is 0 Å². The van der Waals surface area contributed by atoms with E-state index >= 15 is 0 Å². The molecule has 0 N–H and O–H groups in total. The molecule has 0 aromatic carbocycles. The van der Waals surface area contributed by atoms with Crippen molar-refractivity contribution in [2.75, 3.05) is 20.3 Å². The molecule has 70 valence electrons. The van der Waals surface area contributed by atoms with Crippen molar-refractivity contribution in [2.45, 2.75) is 44.2 Å². The van der Waals surface area contributed by atoms with E-state index in [1.807, 2.05) is 0 Å². The largest absolute Gasteiger partial charge is 0.380 e. The number of ether oxygens (including phenoxy) is 1. The van der Waals surface area contributed by atoms with Crippen LogP contribution in [0.15, 0.2) is 0 Å². The van der Waals surface area contributed by atoms with Gasteiger partial charge < -0.3 is 4.74 Å². The summed E-state index contributed by atoms with van der Waals surface area (Å²) in [6.45, 7) is 3.87. The monoisotopic (exact) mass is 169 g/mol. The van der Waals surface area contributed by atoms with Crippen LogP contribution in [0.25, 0.3) is 0 Å². The molecule has 2 nitrogen and oxygen atoms in total. The molecule has 1 atom stereocenters. The molecular weight excluding hydrogens is 150 g/mol. The summed E-state index contributed by atoms with van der Waals surface area (Å²) in [5, 5.41) is 0. The van der Waals surface area contributed by atoms with Crippen LogP contribution < -0.4 is 0 Å². The van der Waals surface area contributed by atoms with Crippen molar-refractivity contribution in [3.63, 3.8) is 0 Å². The van der Waals surface area contributed by atoms with Crippen molar-refractivity contribution < 1.29 is 4.74 Å². The highest BCUT2D eigenvalue weighted by atomic mass is 16.5. The smallest absolute Gasteiger partial charge is 0.0621 e. The molecule has 2 fully saturated rings. The zero-order valence-corrected chi connectivity index (χ0v) is 8.18. The number of nitrogens with zero attached hydrogens (tertiary/aromatic N) is 1. The SMILES string of the molecule is CCOCC1CCC2(CC2)N1C. The quantitative estimate of drug-likeness (QED) is 0.637. The van der Waals surface area contributed by atoms with Gasteiger partial charge in [-0.1, -0.05) is 0 Å². The second kappa shape index (κ2) is 3.00. The Labute approximate surface area is 74.9 Å². The highest BCUT2D eigenvalue weighted by Gasteiger charge is 2.52. The molecule has 1 saturated heterocycles. The molecule has 0 aromatic rings. The first kappa shape index (κ1) is 8.52. The summed E-state index contributed by atoms with van der Waals surface area (Å²) >= 11 is 0. The second-order valence-electron chi connectivity index (χ2n) is 4.19. The Morgan fingerprint density at radius 1 is 1.42 bits per heavy atom. The lowest BCUT2D eigenvalue weighted by molar-refractivity contribution is 0.0808. The van der Waals surface area contributed by atoms with Gasteiger partial charge in [0.15, 0.2) is 0 Å². The van der Waals surface area contributed by atoms with E-state index in [1.165, 1.54) is 25.7 Å². The van der Waals surface area contributed by atoms with Gasteiger partial charge in [0, 0.05) is 18.2 Å². The summed E-state index contributed by atoms with van der Waals surface area (Å²) < 4.78 is 5.47. The van der Waals surface area contributed by atoms with Crippen LogP contribution in [0.5, 0.6) is 0 Å². The van der Waals surface area contributed by atoms with Gasteiger partial charge in [0.05, 0.1) is 6.61 Å². The normalized spacial score (nSPS) is 33.0. The van der Waals surface area contributed by atoms with Crippen molar-refractivity contribution in [1.29, 1.82) is 0 Å². The molecule has 1 heterocycles. The third kappa shape index (κ3) is 1.27. The van der Waals surface area contributed by atoms with Crippen LogP contribution in [0.4, 0.5) is 0 Å². The van der Waals surface area contributed by atoms with Crippen LogP contribution in [0, 0.1) is 0 Å². The Hall–Kier alpha value is -0.0800. The molecular formula is C10H19NO. The highest BCUT2D eigenvalue weighted by molar-refractivity contribution is 5.09. The minimum absolute atomic E-state index is 0.627. The fourth-order valence-electron chi connectivity index (χ4n) is 2.39. The fraction of sp³-hybridized carbons (Fsp3) is 1.00. The molecule has 1 saturated carbocycles. The first-order valence-corrected chi connectivity index (χ1v) is 5.09. The Morgan fingerprint density at radius 3 is 2.67 bits per heavy atom. The summed E-state index contributed by atoms with van der Waals surface area (Å²) in [7, 11) is 2.27. The maximum absolute atomic E-state index is 5.47. The van der Waals surface area contributed by atoms with Gasteiger partial charge in [0.25, 0.3) is 0 Å².